The molecule has 2 saturated heterocycles. The van der Waals surface area contributed by atoms with E-state index in [1.807, 2.05) is 31.2 Å². The second-order valence-electron chi connectivity index (χ2n) is 6.05. The Morgan fingerprint density at radius 1 is 1.45 bits per heavy atom. The first-order valence-electron chi connectivity index (χ1n) is 7.53. The van der Waals surface area contributed by atoms with Gasteiger partial charge in [-0.25, -0.2) is 0 Å². The summed E-state index contributed by atoms with van der Waals surface area (Å²) in [6, 6.07) is 8.64. The largest absolute Gasteiger partial charge is 0.325 e. The second-order valence-corrected chi connectivity index (χ2v) is 6.05. The highest BCUT2D eigenvalue weighted by Crippen LogP contribution is 2.24. The number of likely N-dealkylation sites (tertiary alicyclic amines) is 1. The van der Waals surface area contributed by atoms with Gasteiger partial charge in [0.15, 0.2) is 0 Å². The molecule has 0 aliphatic carbocycles. The van der Waals surface area contributed by atoms with Gasteiger partial charge in [0.25, 0.3) is 0 Å². The molecular formula is C16H23N3O. The van der Waals surface area contributed by atoms with Gasteiger partial charge in [-0.05, 0) is 49.9 Å². The van der Waals surface area contributed by atoms with E-state index in [-0.39, 0.29) is 5.91 Å². The van der Waals surface area contributed by atoms with E-state index < -0.39 is 0 Å². The topological polar surface area (TPSA) is 44.4 Å². The molecule has 4 heteroatoms. The fraction of sp³-hybridized carbons (Fsp3) is 0.562. The molecule has 1 amide bonds. The summed E-state index contributed by atoms with van der Waals surface area (Å²) >= 11 is 0. The SMILES string of the molecule is Cc1cccc(NC(=O)CN2CCC3NCCC3C2)c1. The van der Waals surface area contributed by atoms with Crippen molar-refractivity contribution >= 4 is 11.6 Å². The molecule has 2 unspecified atom stereocenters. The van der Waals surface area contributed by atoms with Crippen LogP contribution in [0.15, 0.2) is 24.3 Å². The van der Waals surface area contributed by atoms with Crippen LogP contribution in [0.3, 0.4) is 0 Å². The molecule has 2 fully saturated rings. The van der Waals surface area contributed by atoms with E-state index in [1.54, 1.807) is 0 Å². The normalized spacial score (nSPS) is 26.2. The number of rotatable bonds is 3. The standard InChI is InChI=1S/C16H23N3O/c1-12-3-2-4-14(9-12)18-16(20)11-19-8-6-15-13(10-19)5-7-17-15/h2-4,9,13,15,17H,5-8,10-11H2,1H3,(H,18,20). The first-order valence-corrected chi connectivity index (χ1v) is 7.53. The molecule has 2 atom stereocenters. The number of fused-ring (bicyclic) bond motifs is 1. The summed E-state index contributed by atoms with van der Waals surface area (Å²) in [5, 5.41) is 6.54. The maximum atomic E-state index is 12.1. The van der Waals surface area contributed by atoms with Crippen molar-refractivity contribution < 1.29 is 4.79 Å². The summed E-state index contributed by atoms with van der Waals surface area (Å²) in [7, 11) is 0. The molecule has 1 aromatic carbocycles. The van der Waals surface area contributed by atoms with Crippen LogP contribution in [0.2, 0.25) is 0 Å². The van der Waals surface area contributed by atoms with Crippen LogP contribution in [0.1, 0.15) is 18.4 Å². The van der Waals surface area contributed by atoms with Gasteiger partial charge < -0.3 is 10.6 Å². The molecule has 2 N–H and O–H groups in total. The minimum absolute atomic E-state index is 0.0972. The zero-order valence-electron chi connectivity index (χ0n) is 12.1. The lowest BCUT2D eigenvalue weighted by Gasteiger charge is -2.34. The average molecular weight is 273 g/mol. The predicted octanol–water partition coefficient (Wildman–Crippen LogP) is 1.62. The lowest BCUT2D eigenvalue weighted by molar-refractivity contribution is -0.117. The highest BCUT2D eigenvalue weighted by Gasteiger charge is 2.32. The Kier molecular flexibility index (Phi) is 4.03. The fourth-order valence-electron chi connectivity index (χ4n) is 3.39. The number of nitrogens with one attached hydrogen (secondary N) is 2. The molecular weight excluding hydrogens is 250 g/mol. The Bertz CT molecular complexity index is 488. The van der Waals surface area contributed by atoms with E-state index in [1.165, 1.54) is 18.4 Å². The van der Waals surface area contributed by atoms with Crippen molar-refractivity contribution in [2.75, 3.05) is 31.5 Å². The summed E-state index contributed by atoms with van der Waals surface area (Å²) in [6.07, 6.45) is 2.42. The van der Waals surface area contributed by atoms with Crippen molar-refractivity contribution in [1.82, 2.24) is 10.2 Å². The van der Waals surface area contributed by atoms with Crippen LogP contribution < -0.4 is 10.6 Å². The Labute approximate surface area is 120 Å². The van der Waals surface area contributed by atoms with E-state index in [2.05, 4.69) is 15.5 Å². The third kappa shape index (κ3) is 3.19. The lowest BCUT2D eigenvalue weighted by Crippen LogP contribution is -2.46. The summed E-state index contributed by atoms with van der Waals surface area (Å²) in [5.41, 5.74) is 2.06. The van der Waals surface area contributed by atoms with E-state index in [4.69, 9.17) is 0 Å². The molecule has 0 aromatic heterocycles. The second kappa shape index (κ2) is 5.94. The van der Waals surface area contributed by atoms with Gasteiger partial charge in [0.05, 0.1) is 6.54 Å². The summed E-state index contributed by atoms with van der Waals surface area (Å²) < 4.78 is 0. The zero-order valence-corrected chi connectivity index (χ0v) is 12.1. The van der Waals surface area contributed by atoms with Crippen molar-refractivity contribution in [3.8, 4) is 0 Å². The number of hydrogen-bond donors (Lipinski definition) is 2. The van der Waals surface area contributed by atoms with Crippen LogP contribution in [0.4, 0.5) is 5.69 Å². The van der Waals surface area contributed by atoms with Gasteiger partial charge in [-0.1, -0.05) is 12.1 Å². The Morgan fingerprint density at radius 2 is 2.35 bits per heavy atom. The molecule has 2 aliphatic rings. The number of hydrogen-bond acceptors (Lipinski definition) is 3. The van der Waals surface area contributed by atoms with Crippen LogP contribution in [0.25, 0.3) is 0 Å². The van der Waals surface area contributed by atoms with Gasteiger partial charge in [-0.2, -0.15) is 0 Å². The molecule has 1 aromatic rings. The van der Waals surface area contributed by atoms with Gasteiger partial charge in [0.2, 0.25) is 5.91 Å². The molecule has 4 nitrogen and oxygen atoms in total. The first kappa shape index (κ1) is 13.6. The maximum absolute atomic E-state index is 12.1. The third-order valence-electron chi connectivity index (χ3n) is 4.41. The quantitative estimate of drug-likeness (QED) is 0.879. The Hall–Kier alpha value is -1.39. The van der Waals surface area contributed by atoms with Gasteiger partial charge in [0, 0.05) is 24.8 Å². The minimum atomic E-state index is 0.0972. The minimum Gasteiger partial charge on any atom is -0.325 e. The monoisotopic (exact) mass is 273 g/mol. The number of carbonyl (C=O) groups is 1. The number of anilines is 1. The van der Waals surface area contributed by atoms with E-state index in [0.29, 0.717) is 12.6 Å². The summed E-state index contributed by atoms with van der Waals surface area (Å²) in [6.45, 7) is 5.76. The molecule has 20 heavy (non-hydrogen) atoms. The number of aryl methyl sites for hydroxylation is 1. The first-order chi connectivity index (χ1) is 9.70. The summed E-state index contributed by atoms with van der Waals surface area (Å²) in [5.74, 6) is 0.829. The molecule has 108 valence electrons. The number of amides is 1. The van der Waals surface area contributed by atoms with Crippen LogP contribution in [0.5, 0.6) is 0 Å². The zero-order chi connectivity index (χ0) is 13.9. The molecule has 0 bridgehead atoms. The Balaban J connectivity index is 1.51. The van der Waals surface area contributed by atoms with Crippen LogP contribution >= 0.6 is 0 Å². The van der Waals surface area contributed by atoms with E-state index in [0.717, 1.165) is 31.2 Å². The van der Waals surface area contributed by atoms with Crippen molar-refractivity contribution in [2.24, 2.45) is 5.92 Å². The molecule has 0 radical (unpaired) electrons. The Morgan fingerprint density at radius 3 is 3.20 bits per heavy atom. The highest BCUT2D eigenvalue weighted by atomic mass is 16.2. The smallest absolute Gasteiger partial charge is 0.238 e. The third-order valence-corrected chi connectivity index (χ3v) is 4.41. The molecule has 0 spiro atoms. The predicted molar refractivity (Wildman–Crippen MR) is 80.8 cm³/mol. The van der Waals surface area contributed by atoms with Crippen molar-refractivity contribution in [2.45, 2.75) is 25.8 Å². The van der Waals surface area contributed by atoms with Gasteiger partial charge in [-0.15, -0.1) is 0 Å². The van der Waals surface area contributed by atoms with Gasteiger partial charge in [0.1, 0.15) is 0 Å². The van der Waals surface area contributed by atoms with Crippen LogP contribution in [-0.2, 0) is 4.79 Å². The molecule has 3 rings (SSSR count). The fourth-order valence-corrected chi connectivity index (χ4v) is 3.39. The molecule has 2 heterocycles. The van der Waals surface area contributed by atoms with Gasteiger partial charge >= 0.3 is 0 Å². The van der Waals surface area contributed by atoms with Crippen molar-refractivity contribution in [1.29, 1.82) is 0 Å². The highest BCUT2D eigenvalue weighted by molar-refractivity contribution is 5.92. The van der Waals surface area contributed by atoms with Crippen LogP contribution in [-0.4, -0.2) is 43.0 Å². The van der Waals surface area contributed by atoms with Crippen molar-refractivity contribution in [3.63, 3.8) is 0 Å². The maximum Gasteiger partial charge on any atom is 0.238 e. The van der Waals surface area contributed by atoms with Crippen LogP contribution in [0, 0.1) is 12.8 Å². The van der Waals surface area contributed by atoms with E-state index in [9.17, 15) is 4.79 Å². The number of carbonyl (C=O) groups excluding carboxylic acids is 1. The lowest BCUT2D eigenvalue weighted by atomic mass is 9.93. The van der Waals surface area contributed by atoms with E-state index >= 15 is 0 Å². The number of piperidine rings is 1. The van der Waals surface area contributed by atoms with Gasteiger partial charge in [-0.3, -0.25) is 9.69 Å². The molecule has 2 aliphatic heterocycles. The number of nitrogens with zero attached hydrogens (tertiary/aromatic N) is 1. The number of benzene rings is 1. The van der Waals surface area contributed by atoms with Crippen molar-refractivity contribution in [3.05, 3.63) is 29.8 Å². The average Bonchev–Trinajstić information content (AvgIpc) is 2.86. The molecule has 0 saturated carbocycles. The summed E-state index contributed by atoms with van der Waals surface area (Å²) in [4.78, 5) is 14.4.